The zero-order valence-corrected chi connectivity index (χ0v) is 22.8. The lowest BCUT2D eigenvalue weighted by Gasteiger charge is -2.58. The fraction of sp³-hybridized carbons (Fsp3) is 0.559. The van der Waals surface area contributed by atoms with Crippen molar-refractivity contribution in [3.63, 3.8) is 0 Å². The molecule has 0 saturated heterocycles. The Morgan fingerprint density at radius 2 is 1.66 bits per heavy atom. The largest absolute Gasteiger partial charge is 0.449 e. The lowest BCUT2D eigenvalue weighted by molar-refractivity contribution is -0.0431. The van der Waals surface area contributed by atoms with Gasteiger partial charge in [-0.05, 0) is 102 Å². The van der Waals surface area contributed by atoms with Crippen molar-refractivity contribution in [2.75, 3.05) is 6.61 Å². The fourth-order valence-electron chi connectivity index (χ4n) is 9.66. The van der Waals surface area contributed by atoms with Crippen molar-refractivity contribution in [3.8, 4) is 11.1 Å². The molecular weight excluding hydrogens is 470 g/mol. The quantitative estimate of drug-likeness (QED) is 0.428. The van der Waals surface area contributed by atoms with Gasteiger partial charge in [-0.3, -0.25) is 0 Å². The van der Waals surface area contributed by atoms with Crippen LogP contribution in [0.15, 0.2) is 60.2 Å². The zero-order valence-electron chi connectivity index (χ0n) is 22.8. The van der Waals surface area contributed by atoms with Gasteiger partial charge in [0.1, 0.15) is 6.61 Å². The molecule has 200 valence electrons. The van der Waals surface area contributed by atoms with Gasteiger partial charge in [-0.1, -0.05) is 74.0 Å². The first kappa shape index (κ1) is 24.5. The highest BCUT2D eigenvalue weighted by Gasteiger charge is 2.59. The van der Waals surface area contributed by atoms with Crippen LogP contribution in [0.3, 0.4) is 0 Å². The molecular formula is C34H41NO3. The molecule has 0 radical (unpaired) electrons. The summed E-state index contributed by atoms with van der Waals surface area (Å²) in [5.41, 5.74) is 6.91. The summed E-state index contributed by atoms with van der Waals surface area (Å²) in [6.45, 7) is 5.28. The molecule has 0 aromatic heterocycles. The number of hydrogen-bond donors (Lipinski definition) is 2. The van der Waals surface area contributed by atoms with Gasteiger partial charge in [-0.15, -0.1) is 0 Å². The maximum Gasteiger partial charge on any atom is 0.407 e. The third kappa shape index (κ3) is 3.62. The molecule has 1 amide bonds. The van der Waals surface area contributed by atoms with Crippen molar-refractivity contribution in [1.82, 2.24) is 5.32 Å². The first-order valence-electron chi connectivity index (χ1n) is 14.9. The van der Waals surface area contributed by atoms with E-state index in [1.165, 1.54) is 47.1 Å². The highest BCUT2D eigenvalue weighted by atomic mass is 16.5. The Labute approximate surface area is 226 Å². The lowest BCUT2D eigenvalue weighted by atomic mass is 9.48. The summed E-state index contributed by atoms with van der Waals surface area (Å²) in [6.07, 6.45) is 10.8. The van der Waals surface area contributed by atoms with Gasteiger partial charge in [0.25, 0.3) is 0 Å². The van der Waals surface area contributed by atoms with Gasteiger partial charge in [-0.2, -0.15) is 0 Å². The maximum absolute atomic E-state index is 13.2. The highest BCUT2D eigenvalue weighted by Crippen LogP contribution is 2.64. The number of benzene rings is 2. The number of nitrogens with one attached hydrogen (secondary N) is 1. The summed E-state index contributed by atoms with van der Waals surface area (Å²) in [6, 6.07) is 17.2. The van der Waals surface area contributed by atoms with E-state index in [1.807, 2.05) is 0 Å². The van der Waals surface area contributed by atoms with Crippen molar-refractivity contribution in [3.05, 3.63) is 71.3 Å². The molecule has 3 fully saturated rings. The van der Waals surface area contributed by atoms with Gasteiger partial charge in [0, 0.05) is 12.0 Å². The van der Waals surface area contributed by atoms with E-state index in [1.54, 1.807) is 0 Å². The normalized spacial score (nSPS) is 37.2. The van der Waals surface area contributed by atoms with Crippen LogP contribution in [0, 0.1) is 28.6 Å². The van der Waals surface area contributed by atoms with Crippen molar-refractivity contribution >= 4 is 6.09 Å². The van der Waals surface area contributed by atoms with E-state index in [2.05, 4.69) is 73.8 Å². The Morgan fingerprint density at radius 3 is 2.39 bits per heavy atom. The number of rotatable bonds is 3. The third-order valence-electron chi connectivity index (χ3n) is 11.7. The van der Waals surface area contributed by atoms with E-state index >= 15 is 0 Å². The van der Waals surface area contributed by atoms with E-state index in [0.29, 0.717) is 24.4 Å². The molecule has 0 spiro atoms. The molecule has 38 heavy (non-hydrogen) atoms. The zero-order chi connectivity index (χ0) is 26.1. The number of alkyl carbamates (subject to hydrolysis) is 1. The second kappa shape index (κ2) is 8.98. The fourth-order valence-corrected chi connectivity index (χ4v) is 9.66. The Kier molecular flexibility index (Phi) is 5.78. The molecule has 2 aromatic carbocycles. The molecule has 5 aliphatic rings. The van der Waals surface area contributed by atoms with Gasteiger partial charge >= 0.3 is 6.09 Å². The number of fused-ring (bicyclic) bond motifs is 8. The van der Waals surface area contributed by atoms with Crippen LogP contribution in [0.4, 0.5) is 4.79 Å². The maximum atomic E-state index is 13.2. The van der Waals surface area contributed by atoms with Gasteiger partial charge < -0.3 is 15.2 Å². The first-order valence-corrected chi connectivity index (χ1v) is 14.9. The molecule has 0 heterocycles. The van der Waals surface area contributed by atoms with Crippen LogP contribution in [0.5, 0.6) is 0 Å². The molecule has 4 heteroatoms. The Morgan fingerprint density at radius 1 is 0.947 bits per heavy atom. The van der Waals surface area contributed by atoms with Gasteiger partial charge in [-0.25, -0.2) is 4.79 Å². The standard InChI is InChI=1S/C34H41NO3/c1-33-17-15-22(36)19-21(33)11-12-27-29-13-14-31(34(29,2)18-16-30(27)33)35-32(37)38-20-28-25-9-5-3-7-23(25)24-8-4-6-10-26(24)28/h3-11,22,27-31,36H,12-20H2,1-2H3,(H,35,37)/t22-,27-,29-,30-,31-,33-,34-/m0/s1. The molecule has 0 aliphatic heterocycles. The molecule has 3 saturated carbocycles. The van der Waals surface area contributed by atoms with Crippen molar-refractivity contribution in [1.29, 1.82) is 0 Å². The highest BCUT2D eigenvalue weighted by molar-refractivity contribution is 5.79. The predicted octanol–water partition coefficient (Wildman–Crippen LogP) is 7.22. The van der Waals surface area contributed by atoms with Gasteiger partial charge in [0.05, 0.1) is 6.10 Å². The Bertz CT molecular complexity index is 1240. The summed E-state index contributed by atoms with van der Waals surface area (Å²) in [5.74, 6) is 2.13. The van der Waals surface area contributed by atoms with Crippen LogP contribution in [-0.2, 0) is 4.74 Å². The molecule has 2 aromatic rings. The minimum Gasteiger partial charge on any atom is -0.449 e. The molecule has 0 unspecified atom stereocenters. The summed E-state index contributed by atoms with van der Waals surface area (Å²) >= 11 is 0. The number of carbonyl (C=O) groups is 1. The first-order chi connectivity index (χ1) is 18.4. The summed E-state index contributed by atoms with van der Waals surface area (Å²) < 4.78 is 5.95. The van der Waals surface area contributed by atoms with Gasteiger partial charge in [0.2, 0.25) is 0 Å². The average Bonchev–Trinajstić information content (AvgIpc) is 3.42. The summed E-state index contributed by atoms with van der Waals surface area (Å²) in [4.78, 5) is 13.2. The third-order valence-corrected chi connectivity index (χ3v) is 11.7. The van der Waals surface area contributed by atoms with Crippen LogP contribution >= 0.6 is 0 Å². The van der Waals surface area contributed by atoms with E-state index in [9.17, 15) is 9.90 Å². The molecule has 7 rings (SSSR count). The lowest BCUT2D eigenvalue weighted by Crippen LogP contribution is -2.54. The summed E-state index contributed by atoms with van der Waals surface area (Å²) in [7, 11) is 0. The van der Waals surface area contributed by atoms with E-state index < -0.39 is 0 Å². The van der Waals surface area contributed by atoms with Crippen LogP contribution in [0.2, 0.25) is 0 Å². The van der Waals surface area contributed by atoms with Crippen LogP contribution < -0.4 is 5.32 Å². The number of allylic oxidation sites excluding steroid dienone is 1. The Hall–Kier alpha value is -2.59. The predicted molar refractivity (Wildman–Crippen MR) is 150 cm³/mol. The second-order valence-corrected chi connectivity index (χ2v) is 13.3. The summed E-state index contributed by atoms with van der Waals surface area (Å²) in [5, 5.41) is 13.6. The monoisotopic (exact) mass is 511 g/mol. The van der Waals surface area contributed by atoms with Crippen molar-refractivity contribution < 1.29 is 14.6 Å². The minimum absolute atomic E-state index is 0.0912. The molecule has 2 N–H and O–H groups in total. The number of aliphatic hydroxyl groups is 1. The van der Waals surface area contributed by atoms with Gasteiger partial charge in [0.15, 0.2) is 0 Å². The molecule has 0 bridgehead atoms. The van der Waals surface area contributed by atoms with Crippen LogP contribution in [0.1, 0.15) is 82.3 Å². The smallest absolute Gasteiger partial charge is 0.407 e. The molecule has 5 aliphatic carbocycles. The Balaban J connectivity index is 1.03. The van der Waals surface area contributed by atoms with Crippen molar-refractivity contribution in [2.45, 2.75) is 83.3 Å². The number of amides is 1. The number of carbonyl (C=O) groups excluding carboxylic acids is 1. The molecule has 7 atom stereocenters. The topological polar surface area (TPSA) is 58.6 Å². The van der Waals surface area contributed by atoms with E-state index in [-0.39, 0.29) is 35.0 Å². The second-order valence-electron chi connectivity index (χ2n) is 13.3. The van der Waals surface area contributed by atoms with E-state index in [4.69, 9.17) is 4.74 Å². The van der Waals surface area contributed by atoms with E-state index in [0.717, 1.165) is 32.1 Å². The average molecular weight is 512 g/mol. The van der Waals surface area contributed by atoms with Crippen LogP contribution in [0.25, 0.3) is 11.1 Å². The van der Waals surface area contributed by atoms with Crippen LogP contribution in [-0.4, -0.2) is 30.0 Å². The van der Waals surface area contributed by atoms with Crippen molar-refractivity contribution in [2.24, 2.45) is 28.6 Å². The number of aliphatic hydroxyl groups excluding tert-OH is 1. The molecule has 4 nitrogen and oxygen atoms in total. The number of ether oxygens (including phenoxy) is 1. The number of hydrogen-bond acceptors (Lipinski definition) is 3. The SMILES string of the molecule is C[C@]12CC[C@H]3[C@@H](CC=C4C[C@@H](O)CC[C@@]43C)[C@@H]1CC[C@@H]2NC(=O)OCC1c2ccccc2-c2ccccc21. The minimum atomic E-state index is -0.264.